The first-order valence-electron chi connectivity index (χ1n) is 7.10. The normalized spacial score (nSPS) is 22.4. The summed E-state index contributed by atoms with van der Waals surface area (Å²) in [6.45, 7) is 3.24. The van der Waals surface area contributed by atoms with E-state index in [0.29, 0.717) is 6.54 Å². The van der Waals surface area contributed by atoms with Gasteiger partial charge in [-0.05, 0) is 25.8 Å². The summed E-state index contributed by atoms with van der Waals surface area (Å²) in [6, 6.07) is 3.88. The van der Waals surface area contributed by atoms with Crippen molar-refractivity contribution >= 4 is 11.7 Å². The Kier molecular flexibility index (Phi) is 4.95. The van der Waals surface area contributed by atoms with Crippen LogP contribution in [0.2, 0.25) is 0 Å². The number of nitrogens with one attached hydrogen (secondary N) is 1. The average Bonchev–Trinajstić information content (AvgIpc) is 2.45. The van der Waals surface area contributed by atoms with E-state index in [1.165, 1.54) is 0 Å². The molecule has 2 atom stereocenters. The van der Waals surface area contributed by atoms with Gasteiger partial charge < -0.3 is 15.0 Å². The van der Waals surface area contributed by atoms with Gasteiger partial charge in [0.15, 0.2) is 0 Å². The fraction of sp³-hybridized carbons (Fsp3) is 0.600. The number of pyridine rings is 1. The fourth-order valence-corrected chi connectivity index (χ4v) is 2.55. The van der Waals surface area contributed by atoms with Crippen molar-refractivity contribution in [3.63, 3.8) is 0 Å². The van der Waals surface area contributed by atoms with E-state index < -0.39 is 0 Å². The van der Waals surface area contributed by atoms with Crippen LogP contribution in [0.5, 0.6) is 0 Å². The summed E-state index contributed by atoms with van der Waals surface area (Å²) in [4.78, 5) is 18.5. The van der Waals surface area contributed by atoms with Crippen LogP contribution in [0.3, 0.4) is 0 Å². The van der Waals surface area contributed by atoms with Crippen LogP contribution in [-0.4, -0.2) is 37.7 Å². The van der Waals surface area contributed by atoms with E-state index in [0.717, 1.165) is 30.8 Å². The van der Waals surface area contributed by atoms with Crippen LogP contribution in [0.15, 0.2) is 18.3 Å². The molecule has 0 unspecified atom stereocenters. The van der Waals surface area contributed by atoms with Crippen molar-refractivity contribution in [2.75, 3.05) is 25.6 Å². The van der Waals surface area contributed by atoms with Gasteiger partial charge in [-0.1, -0.05) is 6.07 Å². The van der Waals surface area contributed by atoms with Crippen LogP contribution < -0.4 is 10.2 Å². The number of aromatic nitrogens is 1. The zero-order chi connectivity index (χ0) is 14.5. The number of hydrogen-bond donors (Lipinski definition) is 1. The molecule has 1 aliphatic heterocycles. The molecule has 5 heteroatoms. The van der Waals surface area contributed by atoms with Crippen LogP contribution in [0, 0.1) is 5.92 Å². The second-order valence-corrected chi connectivity index (χ2v) is 5.42. The molecular weight excluding hydrogens is 254 g/mol. The van der Waals surface area contributed by atoms with Crippen molar-refractivity contribution in [1.29, 1.82) is 0 Å². The minimum absolute atomic E-state index is 0.00553. The Morgan fingerprint density at radius 3 is 3.05 bits per heavy atom. The highest BCUT2D eigenvalue weighted by atomic mass is 16.5. The number of ether oxygens (including phenoxy) is 1. The second-order valence-electron chi connectivity index (χ2n) is 5.42. The summed E-state index contributed by atoms with van der Waals surface area (Å²) in [6.07, 6.45) is 3.63. The fourth-order valence-electron chi connectivity index (χ4n) is 2.55. The molecule has 1 fully saturated rings. The molecule has 1 aromatic rings. The molecule has 2 rings (SSSR count). The van der Waals surface area contributed by atoms with Gasteiger partial charge in [0.05, 0.1) is 12.0 Å². The van der Waals surface area contributed by atoms with Gasteiger partial charge >= 0.3 is 0 Å². The van der Waals surface area contributed by atoms with E-state index in [9.17, 15) is 4.79 Å². The number of hydrogen-bond acceptors (Lipinski definition) is 4. The third-order valence-corrected chi connectivity index (χ3v) is 3.69. The maximum Gasteiger partial charge on any atom is 0.225 e. The van der Waals surface area contributed by atoms with Gasteiger partial charge in [-0.15, -0.1) is 0 Å². The molecule has 20 heavy (non-hydrogen) atoms. The van der Waals surface area contributed by atoms with Crippen molar-refractivity contribution in [2.24, 2.45) is 5.92 Å². The van der Waals surface area contributed by atoms with Gasteiger partial charge in [-0.25, -0.2) is 4.98 Å². The van der Waals surface area contributed by atoms with Gasteiger partial charge in [0.1, 0.15) is 5.82 Å². The Bertz CT molecular complexity index is 462. The first kappa shape index (κ1) is 14.8. The highest BCUT2D eigenvalue weighted by Crippen LogP contribution is 2.21. The third kappa shape index (κ3) is 3.48. The summed E-state index contributed by atoms with van der Waals surface area (Å²) < 4.78 is 5.54. The Balaban J connectivity index is 1.96. The molecule has 0 bridgehead atoms. The Hall–Kier alpha value is -1.62. The van der Waals surface area contributed by atoms with E-state index >= 15 is 0 Å². The average molecular weight is 277 g/mol. The standard InChI is InChI=1S/C15H23N3O2/c1-11-13(7-5-9-20-11)15(19)17-10-12-6-4-8-16-14(12)18(2)3/h4,6,8,11,13H,5,7,9-10H2,1-3H3,(H,17,19)/t11-,13+/m1/s1. The zero-order valence-corrected chi connectivity index (χ0v) is 12.4. The first-order valence-corrected chi connectivity index (χ1v) is 7.10. The predicted molar refractivity (Wildman–Crippen MR) is 78.5 cm³/mol. The van der Waals surface area contributed by atoms with Gasteiger partial charge in [-0.3, -0.25) is 4.79 Å². The molecule has 1 saturated heterocycles. The number of carbonyl (C=O) groups is 1. The Morgan fingerprint density at radius 1 is 1.55 bits per heavy atom. The van der Waals surface area contributed by atoms with Crippen molar-refractivity contribution in [1.82, 2.24) is 10.3 Å². The lowest BCUT2D eigenvalue weighted by atomic mass is 9.94. The smallest absolute Gasteiger partial charge is 0.225 e. The molecule has 0 radical (unpaired) electrons. The molecule has 1 aromatic heterocycles. The summed E-state index contributed by atoms with van der Waals surface area (Å²) in [5.74, 6) is 0.926. The third-order valence-electron chi connectivity index (χ3n) is 3.69. The highest BCUT2D eigenvalue weighted by molar-refractivity contribution is 5.79. The van der Waals surface area contributed by atoms with E-state index in [1.54, 1.807) is 6.20 Å². The zero-order valence-electron chi connectivity index (χ0n) is 12.4. The largest absolute Gasteiger partial charge is 0.378 e. The van der Waals surface area contributed by atoms with Crippen molar-refractivity contribution in [3.05, 3.63) is 23.9 Å². The molecular formula is C15H23N3O2. The van der Waals surface area contributed by atoms with Gasteiger partial charge in [0.2, 0.25) is 5.91 Å². The number of amides is 1. The molecule has 0 saturated carbocycles. The molecule has 0 aromatic carbocycles. The minimum Gasteiger partial charge on any atom is -0.378 e. The van der Waals surface area contributed by atoms with E-state index in [2.05, 4.69) is 10.3 Å². The maximum atomic E-state index is 12.2. The monoisotopic (exact) mass is 277 g/mol. The molecule has 5 nitrogen and oxygen atoms in total. The van der Waals surface area contributed by atoms with Gasteiger partial charge in [-0.2, -0.15) is 0 Å². The highest BCUT2D eigenvalue weighted by Gasteiger charge is 2.28. The van der Waals surface area contributed by atoms with Crippen molar-refractivity contribution in [3.8, 4) is 0 Å². The van der Waals surface area contributed by atoms with Crippen molar-refractivity contribution in [2.45, 2.75) is 32.4 Å². The van der Waals surface area contributed by atoms with Crippen LogP contribution >= 0.6 is 0 Å². The molecule has 0 aliphatic carbocycles. The summed E-state index contributed by atoms with van der Waals surface area (Å²) >= 11 is 0. The molecule has 0 spiro atoms. The summed E-state index contributed by atoms with van der Waals surface area (Å²) in [5, 5.41) is 3.01. The van der Waals surface area contributed by atoms with Crippen LogP contribution in [0.1, 0.15) is 25.3 Å². The number of anilines is 1. The van der Waals surface area contributed by atoms with Crippen LogP contribution in [0.4, 0.5) is 5.82 Å². The van der Waals surface area contributed by atoms with E-state index in [1.807, 2.05) is 38.1 Å². The second kappa shape index (κ2) is 6.70. The van der Waals surface area contributed by atoms with Gasteiger partial charge in [0.25, 0.3) is 0 Å². The van der Waals surface area contributed by atoms with Crippen LogP contribution in [0.25, 0.3) is 0 Å². The summed E-state index contributed by atoms with van der Waals surface area (Å²) in [7, 11) is 3.90. The summed E-state index contributed by atoms with van der Waals surface area (Å²) in [5.41, 5.74) is 1.02. The predicted octanol–water partition coefficient (Wildman–Crippen LogP) is 1.58. The molecule has 1 N–H and O–H groups in total. The van der Waals surface area contributed by atoms with E-state index in [-0.39, 0.29) is 17.9 Å². The lowest BCUT2D eigenvalue weighted by Crippen LogP contribution is -2.40. The molecule has 110 valence electrons. The van der Waals surface area contributed by atoms with E-state index in [4.69, 9.17) is 4.74 Å². The van der Waals surface area contributed by atoms with Gasteiger partial charge in [0, 0.05) is 39.0 Å². The Morgan fingerprint density at radius 2 is 2.35 bits per heavy atom. The van der Waals surface area contributed by atoms with Crippen LogP contribution in [-0.2, 0) is 16.1 Å². The number of rotatable bonds is 4. The lowest BCUT2D eigenvalue weighted by Gasteiger charge is -2.28. The topological polar surface area (TPSA) is 54.5 Å². The number of nitrogens with zero attached hydrogens (tertiary/aromatic N) is 2. The minimum atomic E-state index is -0.0387. The SMILES string of the molecule is C[C@H]1OCCC[C@@H]1C(=O)NCc1cccnc1N(C)C. The van der Waals surface area contributed by atoms with Crippen molar-refractivity contribution < 1.29 is 9.53 Å². The number of carbonyl (C=O) groups excluding carboxylic acids is 1. The lowest BCUT2D eigenvalue weighted by molar-refractivity contribution is -0.133. The first-order chi connectivity index (χ1) is 9.59. The Labute approximate surface area is 120 Å². The quantitative estimate of drug-likeness (QED) is 0.908. The molecule has 1 amide bonds. The molecule has 1 aliphatic rings. The maximum absolute atomic E-state index is 12.2. The molecule has 2 heterocycles.